The number of ether oxygens (including phenoxy) is 2. The quantitative estimate of drug-likeness (QED) is 0.634. The second-order valence-corrected chi connectivity index (χ2v) is 6.24. The lowest BCUT2D eigenvalue weighted by atomic mass is 10.1. The predicted octanol–water partition coefficient (Wildman–Crippen LogP) is 4.08. The third-order valence-corrected chi connectivity index (χ3v) is 4.34. The fourth-order valence-electron chi connectivity index (χ4n) is 2.48. The van der Waals surface area contributed by atoms with E-state index < -0.39 is 0 Å². The lowest BCUT2D eigenvalue weighted by molar-refractivity contribution is 0.288. The molecule has 0 saturated heterocycles. The highest BCUT2D eigenvalue weighted by atomic mass is 35.5. The topological polar surface area (TPSA) is 62.1 Å². The highest BCUT2D eigenvalue weighted by Gasteiger charge is 2.28. The second kappa shape index (κ2) is 6.10. The van der Waals surface area contributed by atoms with Crippen LogP contribution in [0.2, 0.25) is 5.15 Å². The maximum atomic E-state index is 13.3. The molecular weight excluding hydrogens is 355 g/mol. The fourth-order valence-corrected chi connectivity index (χ4v) is 2.97. The summed E-state index contributed by atoms with van der Waals surface area (Å²) in [5, 5.41) is 0.992. The Morgan fingerprint density at radius 3 is 2.79 bits per heavy atom. The number of nitrogens with zero attached hydrogens (tertiary/aromatic N) is 4. The van der Waals surface area contributed by atoms with E-state index in [-0.39, 0.29) is 23.6 Å². The van der Waals surface area contributed by atoms with E-state index in [1.807, 2.05) is 0 Å². The molecule has 3 heterocycles. The Balaban J connectivity index is 1.96. The van der Waals surface area contributed by atoms with Gasteiger partial charge in [0.15, 0.2) is 18.0 Å². The van der Waals surface area contributed by atoms with Gasteiger partial charge in [-0.2, -0.15) is 0 Å². The monoisotopic (exact) mass is 366 g/mol. The summed E-state index contributed by atoms with van der Waals surface area (Å²) in [5.41, 5.74) is 1.66. The summed E-state index contributed by atoms with van der Waals surface area (Å²) in [4.78, 5) is 12.6. The van der Waals surface area contributed by atoms with Gasteiger partial charge in [-0.25, -0.2) is 18.9 Å². The van der Waals surface area contributed by atoms with Crippen LogP contribution in [0.3, 0.4) is 0 Å². The maximum Gasteiger partial charge on any atom is 0.228 e. The zero-order chi connectivity index (χ0) is 16.7. The van der Waals surface area contributed by atoms with E-state index in [1.54, 1.807) is 18.3 Å². The summed E-state index contributed by atoms with van der Waals surface area (Å²) in [5.74, 6) is 0.778. The number of aromatic nitrogens is 4. The van der Waals surface area contributed by atoms with Gasteiger partial charge in [-0.15, -0.1) is 3.89 Å². The Kier molecular flexibility index (Phi) is 3.93. The first-order valence-electron chi connectivity index (χ1n) is 7.24. The van der Waals surface area contributed by atoms with E-state index in [0.717, 1.165) is 12.8 Å². The highest BCUT2D eigenvalue weighted by molar-refractivity contribution is 7.92. The van der Waals surface area contributed by atoms with E-state index in [4.69, 9.17) is 21.1 Å². The van der Waals surface area contributed by atoms with Crippen molar-refractivity contribution in [3.05, 3.63) is 29.8 Å². The molecule has 6 nitrogen and oxygen atoms in total. The first-order chi connectivity index (χ1) is 11.7. The van der Waals surface area contributed by atoms with Crippen LogP contribution in [0, 0.1) is 0 Å². The number of rotatable bonds is 5. The number of pyridine rings is 1. The Bertz CT molecular complexity index is 916. The summed E-state index contributed by atoms with van der Waals surface area (Å²) >= 11 is 5.98. The number of fused-ring (bicyclic) bond motifs is 1. The van der Waals surface area contributed by atoms with Crippen LogP contribution in [0.5, 0.6) is 11.8 Å². The molecule has 4 rings (SSSR count). The largest absolute Gasteiger partial charge is 0.480 e. The van der Waals surface area contributed by atoms with Gasteiger partial charge < -0.3 is 9.47 Å². The molecule has 9 heteroatoms. The summed E-state index contributed by atoms with van der Waals surface area (Å²) in [6, 6.07) is 3.43. The molecule has 3 aromatic rings. The highest BCUT2D eigenvalue weighted by Crippen LogP contribution is 2.42. The maximum absolute atomic E-state index is 13.3. The van der Waals surface area contributed by atoms with Crippen molar-refractivity contribution in [1.82, 2.24) is 18.9 Å². The third kappa shape index (κ3) is 2.65. The van der Waals surface area contributed by atoms with Gasteiger partial charge in [0.25, 0.3) is 0 Å². The fraction of sp³-hybridized carbons (Fsp3) is 0.267. The van der Waals surface area contributed by atoms with Crippen molar-refractivity contribution < 1.29 is 13.4 Å². The first kappa shape index (κ1) is 15.5. The van der Waals surface area contributed by atoms with Crippen molar-refractivity contribution in [1.29, 1.82) is 0 Å². The van der Waals surface area contributed by atoms with Crippen LogP contribution in [0.4, 0.5) is 3.89 Å². The van der Waals surface area contributed by atoms with Gasteiger partial charge >= 0.3 is 0 Å². The van der Waals surface area contributed by atoms with Crippen molar-refractivity contribution in [3.63, 3.8) is 0 Å². The van der Waals surface area contributed by atoms with E-state index in [1.165, 1.54) is 17.4 Å². The summed E-state index contributed by atoms with van der Waals surface area (Å²) in [6.07, 6.45) is 5.13. The van der Waals surface area contributed by atoms with Gasteiger partial charge in [0.2, 0.25) is 11.8 Å². The summed E-state index contributed by atoms with van der Waals surface area (Å²) in [7, 11) is 1.52. The molecule has 0 amide bonds. The Morgan fingerprint density at radius 2 is 2.08 bits per heavy atom. The van der Waals surface area contributed by atoms with Crippen molar-refractivity contribution in [2.75, 3.05) is 7.11 Å². The molecule has 0 radical (unpaired) electrons. The Hall–Kier alpha value is -2.06. The van der Waals surface area contributed by atoms with Crippen LogP contribution in [0.15, 0.2) is 24.7 Å². The van der Waals surface area contributed by atoms with Crippen molar-refractivity contribution >= 4 is 35.0 Å². The molecule has 0 atom stereocenters. The van der Waals surface area contributed by atoms with Gasteiger partial charge in [-0.05, 0) is 25.0 Å². The van der Waals surface area contributed by atoms with Gasteiger partial charge in [0, 0.05) is 17.1 Å². The van der Waals surface area contributed by atoms with Crippen LogP contribution in [0.25, 0.3) is 22.2 Å². The predicted molar refractivity (Wildman–Crippen MR) is 90.1 cm³/mol. The molecule has 1 aliphatic carbocycles. The molecule has 1 saturated carbocycles. The number of hydrogen-bond acceptors (Lipinski definition) is 6. The third-order valence-electron chi connectivity index (χ3n) is 3.70. The first-order valence-corrected chi connectivity index (χ1v) is 8.29. The number of hydrogen-bond donors (Lipinski definition) is 0. The molecule has 3 aromatic heterocycles. The van der Waals surface area contributed by atoms with Crippen molar-refractivity contribution in [2.45, 2.75) is 18.9 Å². The molecular formula is C15H12ClFN4O2S. The molecule has 0 bridgehead atoms. The normalized spacial score (nSPS) is 14.1. The molecule has 1 fully saturated rings. The molecule has 0 aliphatic heterocycles. The lowest BCUT2D eigenvalue weighted by Crippen LogP contribution is -2.03. The minimum Gasteiger partial charge on any atom is -0.480 e. The van der Waals surface area contributed by atoms with Gasteiger partial charge in [-0.1, -0.05) is 11.6 Å². The van der Waals surface area contributed by atoms with Crippen molar-refractivity contribution in [3.8, 4) is 22.9 Å². The van der Waals surface area contributed by atoms with Gasteiger partial charge in [0.1, 0.15) is 23.1 Å². The van der Waals surface area contributed by atoms with E-state index in [2.05, 4.69) is 15.0 Å². The Labute approximate surface area is 146 Å². The average Bonchev–Trinajstić information content (AvgIpc) is 3.34. The van der Waals surface area contributed by atoms with Crippen LogP contribution >= 0.6 is 23.9 Å². The van der Waals surface area contributed by atoms with Crippen LogP contribution in [0.1, 0.15) is 12.8 Å². The van der Waals surface area contributed by atoms with E-state index >= 15 is 0 Å². The molecule has 0 aromatic carbocycles. The molecule has 0 spiro atoms. The second-order valence-electron chi connectivity index (χ2n) is 5.32. The number of methoxy groups -OCH3 is 1. The van der Waals surface area contributed by atoms with Crippen molar-refractivity contribution in [2.24, 2.45) is 0 Å². The minimum atomic E-state index is 0.0411. The standard InChI is InChI=1S/C15H12ClFN4O2S/c1-22-14-12(15(19-7-18-14)23-8-2-3-8)10-6-21(24-17)13-9(10)4-5-11(16)20-13/h4-8H,2-3H2,1H3. The number of halogens is 2. The van der Waals surface area contributed by atoms with Crippen LogP contribution in [-0.2, 0) is 0 Å². The Morgan fingerprint density at radius 1 is 1.29 bits per heavy atom. The van der Waals surface area contributed by atoms with E-state index in [0.29, 0.717) is 33.9 Å². The lowest BCUT2D eigenvalue weighted by Gasteiger charge is -2.11. The van der Waals surface area contributed by atoms with E-state index in [9.17, 15) is 3.89 Å². The summed E-state index contributed by atoms with van der Waals surface area (Å²) < 4.78 is 25.9. The minimum absolute atomic E-state index is 0.0411. The smallest absolute Gasteiger partial charge is 0.228 e. The van der Waals surface area contributed by atoms with Gasteiger partial charge in [-0.3, -0.25) is 0 Å². The molecule has 0 N–H and O–H groups in total. The van der Waals surface area contributed by atoms with Crippen LogP contribution in [-0.4, -0.2) is 32.1 Å². The average molecular weight is 367 g/mol. The zero-order valence-corrected chi connectivity index (χ0v) is 14.1. The van der Waals surface area contributed by atoms with Gasteiger partial charge in [0.05, 0.1) is 7.11 Å². The SMILES string of the molecule is COc1ncnc(OC2CC2)c1-c1cn(SF)c2nc(Cl)ccc12. The molecule has 0 unspecified atom stereocenters. The molecule has 124 valence electrons. The van der Waals surface area contributed by atoms with Crippen LogP contribution < -0.4 is 9.47 Å². The zero-order valence-electron chi connectivity index (χ0n) is 12.6. The molecule has 24 heavy (non-hydrogen) atoms. The summed E-state index contributed by atoms with van der Waals surface area (Å²) in [6.45, 7) is 0. The molecule has 1 aliphatic rings.